The third kappa shape index (κ3) is 3.82. The zero-order valence-electron chi connectivity index (χ0n) is 12.6. The Hall–Kier alpha value is -0.620. The molecule has 1 aliphatic carbocycles. The number of hydrogen-bond donors (Lipinski definition) is 2. The number of piperidine rings is 1. The van der Waals surface area contributed by atoms with Crippen LogP contribution in [0.5, 0.6) is 0 Å². The van der Waals surface area contributed by atoms with Gasteiger partial charge in [0.25, 0.3) is 5.91 Å². The molecule has 1 saturated carbocycles. The second kappa shape index (κ2) is 7.30. The molecule has 0 aromatic carbocycles. The van der Waals surface area contributed by atoms with Crippen LogP contribution in [0.2, 0.25) is 4.34 Å². The van der Waals surface area contributed by atoms with Crippen LogP contribution >= 0.6 is 22.9 Å². The molecular formula is C16H23ClN2O2S. The Balaban J connectivity index is 1.48. The van der Waals surface area contributed by atoms with E-state index in [0.717, 1.165) is 45.2 Å². The lowest BCUT2D eigenvalue weighted by molar-refractivity contribution is 0.00728. The Morgan fingerprint density at radius 3 is 2.64 bits per heavy atom. The van der Waals surface area contributed by atoms with Crippen molar-refractivity contribution < 1.29 is 9.90 Å². The molecule has 0 unspecified atom stereocenters. The van der Waals surface area contributed by atoms with Gasteiger partial charge >= 0.3 is 0 Å². The van der Waals surface area contributed by atoms with Crippen LogP contribution in [0.25, 0.3) is 0 Å². The molecule has 2 N–H and O–H groups in total. The summed E-state index contributed by atoms with van der Waals surface area (Å²) >= 11 is 7.26. The molecule has 1 aliphatic heterocycles. The summed E-state index contributed by atoms with van der Waals surface area (Å²) in [5.41, 5.74) is 0.653. The van der Waals surface area contributed by atoms with Crippen molar-refractivity contribution in [2.45, 2.75) is 56.7 Å². The fraction of sp³-hybridized carbons (Fsp3) is 0.688. The van der Waals surface area contributed by atoms with Crippen molar-refractivity contribution in [3.63, 3.8) is 0 Å². The molecule has 3 rings (SSSR count). The van der Waals surface area contributed by atoms with Crippen LogP contribution in [-0.4, -0.2) is 47.2 Å². The summed E-state index contributed by atoms with van der Waals surface area (Å²) < 4.78 is 0.645. The van der Waals surface area contributed by atoms with Gasteiger partial charge in [0.05, 0.1) is 16.0 Å². The smallest absolute Gasteiger partial charge is 0.252 e. The minimum atomic E-state index is -0.173. The van der Waals surface area contributed by atoms with Crippen molar-refractivity contribution in [3.8, 4) is 0 Å². The number of rotatable bonds is 3. The van der Waals surface area contributed by atoms with E-state index in [1.807, 2.05) is 0 Å². The monoisotopic (exact) mass is 342 g/mol. The van der Waals surface area contributed by atoms with Crippen molar-refractivity contribution in [1.82, 2.24) is 10.2 Å². The third-order valence-corrected chi connectivity index (χ3v) is 5.95. The predicted octanol–water partition coefficient (Wildman–Crippen LogP) is 2.90. The molecule has 4 nitrogen and oxygen atoms in total. The first-order chi connectivity index (χ1) is 10.6. The van der Waals surface area contributed by atoms with E-state index in [1.54, 1.807) is 11.4 Å². The molecule has 122 valence electrons. The first-order valence-corrected chi connectivity index (χ1v) is 9.36. The summed E-state index contributed by atoms with van der Waals surface area (Å²) in [6.45, 7) is 1.91. The molecule has 0 radical (unpaired) electrons. The number of nitrogens with zero attached hydrogens (tertiary/aromatic N) is 1. The lowest BCUT2D eigenvalue weighted by Gasteiger charge is -2.41. The lowest BCUT2D eigenvalue weighted by atomic mass is 9.89. The van der Waals surface area contributed by atoms with E-state index in [4.69, 9.17) is 11.6 Å². The Morgan fingerprint density at radius 2 is 2.00 bits per heavy atom. The number of aliphatic hydroxyl groups is 1. The molecule has 1 aromatic heterocycles. The number of carbonyl (C=O) groups excluding carboxylic acids is 1. The SMILES string of the molecule is O=C(NC1CCN([C@H]2CCCC[C@@H]2O)CC1)c1csc(Cl)c1. The minimum Gasteiger partial charge on any atom is -0.391 e. The molecular weight excluding hydrogens is 320 g/mol. The maximum absolute atomic E-state index is 12.1. The molecule has 0 bridgehead atoms. The Labute approximate surface area is 140 Å². The highest BCUT2D eigenvalue weighted by molar-refractivity contribution is 7.14. The Morgan fingerprint density at radius 1 is 1.27 bits per heavy atom. The van der Waals surface area contributed by atoms with E-state index >= 15 is 0 Å². The molecule has 2 aliphatic rings. The number of nitrogens with one attached hydrogen (secondary N) is 1. The van der Waals surface area contributed by atoms with Gasteiger partial charge in [0, 0.05) is 30.6 Å². The van der Waals surface area contributed by atoms with Gasteiger partial charge in [0.15, 0.2) is 0 Å². The van der Waals surface area contributed by atoms with Gasteiger partial charge in [-0.1, -0.05) is 24.4 Å². The first kappa shape index (κ1) is 16.2. The van der Waals surface area contributed by atoms with Gasteiger partial charge in [0.1, 0.15) is 0 Å². The van der Waals surface area contributed by atoms with E-state index in [2.05, 4.69) is 10.2 Å². The van der Waals surface area contributed by atoms with Crippen molar-refractivity contribution >= 4 is 28.8 Å². The molecule has 1 amide bonds. The highest BCUT2D eigenvalue weighted by atomic mass is 35.5. The summed E-state index contributed by atoms with van der Waals surface area (Å²) in [4.78, 5) is 14.6. The second-order valence-electron chi connectivity index (χ2n) is 6.34. The number of carbonyl (C=O) groups is 1. The first-order valence-electron chi connectivity index (χ1n) is 8.10. The van der Waals surface area contributed by atoms with E-state index < -0.39 is 0 Å². The van der Waals surface area contributed by atoms with E-state index in [9.17, 15) is 9.90 Å². The minimum absolute atomic E-state index is 0.0284. The molecule has 1 aromatic rings. The highest BCUT2D eigenvalue weighted by Gasteiger charge is 2.31. The van der Waals surface area contributed by atoms with Crippen LogP contribution < -0.4 is 5.32 Å². The molecule has 22 heavy (non-hydrogen) atoms. The summed E-state index contributed by atoms with van der Waals surface area (Å²) in [5, 5.41) is 15.1. The number of likely N-dealkylation sites (tertiary alicyclic amines) is 1. The van der Waals surface area contributed by atoms with Crippen LogP contribution in [0, 0.1) is 0 Å². The third-order valence-electron chi connectivity index (χ3n) is 4.86. The Kier molecular flexibility index (Phi) is 5.39. The van der Waals surface area contributed by atoms with Crippen molar-refractivity contribution in [1.29, 1.82) is 0 Å². The molecule has 1 saturated heterocycles. The fourth-order valence-corrected chi connectivity index (χ4v) is 4.45. The largest absolute Gasteiger partial charge is 0.391 e. The summed E-state index contributed by atoms with van der Waals surface area (Å²) in [5.74, 6) is -0.0284. The van der Waals surface area contributed by atoms with Gasteiger partial charge in [-0.25, -0.2) is 0 Å². The van der Waals surface area contributed by atoms with Crippen LogP contribution in [-0.2, 0) is 0 Å². The highest BCUT2D eigenvalue weighted by Crippen LogP contribution is 2.26. The molecule has 2 heterocycles. The van der Waals surface area contributed by atoms with Gasteiger partial charge in [-0.2, -0.15) is 0 Å². The van der Waals surface area contributed by atoms with Crippen LogP contribution in [0.1, 0.15) is 48.9 Å². The lowest BCUT2D eigenvalue weighted by Crippen LogP contribution is -2.52. The number of thiophene rings is 1. The maximum atomic E-state index is 12.1. The van der Waals surface area contributed by atoms with Crippen molar-refractivity contribution in [2.24, 2.45) is 0 Å². The topological polar surface area (TPSA) is 52.6 Å². The van der Waals surface area contributed by atoms with Crippen molar-refractivity contribution in [2.75, 3.05) is 13.1 Å². The average Bonchev–Trinajstić information content (AvgIpc) is 2.95. The normalized spacial score (nSPS) is 27.7. The molecule has 2 fully saturated rings. The molecule has 0 spiro atoms. The second-order valence-corrected chi connectivity index (χ2v) is 7.88. The zero-order chi connectivity index (χ0) is 15.5. The van der Waals surface area contributed by atoms with E-state index in [-0.39, 0.29) is 18.1 Å². The van der Waals surface area contributed by atoms with Gasteiger partial charge in [-0.05, 0) is 31.7 Å². The van der Waals surface area contributed by atoms with Crippen molar-refractivity contribution in [3.05, 3.63) is 21.3 Å². The predicted molar refractivity (Wildman–Crippen MR) is 89.7 cm³/mol. The molecule has 2 atom stereocenters. The number of hydrogen-bond acceptors (Lipinski definition) is 4. The van der Waals surface area contributed by atoms with E-state index in [0.29, 0.717) is 15.9 Å². The number of halogens is 1. The van der Waals surface area contributed by atoms with Gasteiger partial charge in [0.2, 0.25) is 0 Å². The average molecular weight is 343 g/mol. The maximum Gasteiger partial charge on any atom is 0.252 e. The summed E-state index contributed by atoms with van der Waals surface area (Å²) in [7, 11) is 0. The zero-order valence-corrected chi connectivity index (χ0v) is 14.2. The molecule has 6 heteroatoms. The number of aliphatic hydroxyl groups excluding tert-OH is 1. The standard InChI is InChI=1S/C16H23ClN2O2S/c17-15-9-11(10-22-15)16(21)18-12-5-7-19(8-6-12)13-3-1-2-4-14(13)20/h9-10,12-14,20H,1-8H2,(H,18,21)/t13-,14-/m0/s1. The van der Waals surface area contributed by atoms with E-state index in [1.165, 1.54) is 17.8 Å². The van der Waals surface area contributed by atoms with Gasteiger partial charge in [-0.3, -0.25) is 9.69 Å². The fourth-order valence-electron chi connectivity index (χ4n) is 3.59. The number of amides is 1. The van der Waals surface area contributed by atoms with Gasteiger partial charge < -0.3 is 10.4 Å². The van der Waals surface area contributed by atoms with Crippen LogP contribution in [0.3, 0.4) is 0 Å². The van der Waals surface area contributed by atoms with Gasteiger partial charge in [-0.15, -0.1) is 11.3 Å². The quantitative estimate of drug-likeness (QED) is 0.888. The Bertz CT molecular complexity index is 514. The van der Waals surface area contributed by atoms with Crippen LogP contribution in [0.15, 0.2) is 11.4 Å². The summed E-state index contributed by atoms with van der Waals surface area (Å²) in [6, 6.07) is 2.26. The summed E-state index contributed by atoms with van der Waals surface area (Å²) in [6.07, 6.45) is 6.13. The van der Waals surface area contributed by atoms with Crippen LogP contribution in [0.4, 0.5) is 0 Å².